The highest BCUT2D eigenvalue weighted by molar-refractivity contribution is 5.79. The van der Waals surface area contributed by atoms with Crippen LogP contribution in [0.15, 0.2) is 30.3 Å². The summed E-state index contributed by atoms with van der Waals surface area (Å²) in [6.07, 6.45) is 0.935. The molecule has 0 saturated heterocycles. The Balaban J connectivity index is 2.66. The van der Waals surface area contributed by atoms with Crippen molar-refractivity contribution in [3.63, 3.8) is 0 Å². The highest BCUT2D eigenvalue weighted by atomic mass is 16.5. The second-order valence-corrected chi connectivity index (χ2v) is 4.15. The predicted octanol–water partition coefficient (Wildman–Crippen LogP) is 2.27. The van der Waals surface area contributed by atoms with Crippen LogP contribution in [0.2, 0.25) is 0 Å². The van der Waals surface area contributed by atoms with Crippen LogP contribution in [0, 0.1) is 5.92 Å². The van der Waals surface area contributed by atoms with Gasteiger partial charge in [-0.1, -0.05) is 37.3 Å². The Hall–Kier alpha value is -1.84. The Morgan fingerprint density at radius 3 is 2.50 bits per heavy atom. The summed E-state index contributed by atoms with van der Waals surface area (Å²) in [6.45, 7) is 2.24. The molecule has 0 saturated carbocycles. The van der Waals surface area contributed by atoms with Crippen LogP contribution in [0.4, 0.5) is 0 Å². The van der Waals surface area contributed by atoms with Gasteiger partial charge in [0, 0.05) is 0 Å². The molecule has 98 valence electrons. The average molecular weight is 250 g/mol. The summed E-state index contributed by atoms with van der Waals surface area (Å²) in [6, 6.07) is 9.37. The fraction of sp³-hybridized carbons (Fsp3) is 0.429. The van der Waals surface area contributed by atoms with Gasteiger partial charge < -0.3 is 9.84 Å². The van der Waals surface area contributed by atoms with Crippen molar-refractivity contribution in [3.05, 3.63) is 35.9 Å². The van der Waals surface area contributed by atoms with Crippen LogP contribution in [-0.4, -0.2) is 23.7 Å². The van der Waals surface area contributed by atoms with Gasteiger partial charge in [0.15, 0.2) is 0 Å². The lowest BCUT2D eigenvalue weighted by molar-refractivity contribution is -0.153. The molecule has 4 nitrogen and oxygen atoms in total. The number of rotatable bonds is 7. The maximum absolute atomic E-state index is 11.8. The molecule has 4 heteroatoms. The maximum Gasteiger partial charge on any atom is 0.309 e. The molecule has 0 aliphatic rings. The van der Waals surface area contributed by atoms with Crippen LogP contribution in [0.25, 0.3) is 0 Å². The zero-order valence-corrected chi connectivity index (χ0v) is 10.5. The van der Waals surface area contributed by atoms with E-state index in [4.69, 9.17) is 9.84 Å². The number of carboxylic acids is 1. The third kappa shape index (κ3) is 4.99. The Bertz CT molecular complexity index is 386. The maximum atomic E-state index is 11.8. The summed E-state index contributed by atoms with van der Waals surface area (Å²) < 4.78 is 5.02. The van der Waals surface area contributed by atoms with E-state index in [1.54, 1.807) is 0 Å². The fourth-order valence-electron chi connectivity index (χ4n) is 1.67. The van der Waals surface area contributed by atoms with Gasteiger partial charge in [-0.2, -0.15) is 0 Å². The van der Waals surface area contributed by atoms with E-state index in [0.29, 0.717) is 13.0 Å². The Morgan fingerprint density at radius 1 is 1.28 bits per heavy atom. The van der Waals surface area contributed by atoms with Gasteiger partial charge in [-0.05, 0) is 18.4 Å². The van der Waals surface area contributed by atoms with Gasteiger partial charge in [-0.25, -0.2) is 0 Å². The summed E-state index contributed by atoms with van der Waals surface area (Å²) in [5.41, 5.74) is 0.942. The standard InChI is InChI=1S/C14H18O4/c1-2-8-18-14(17)12(10-13(15)16)9-11-6-4-3-5-7-11/h3-7,12H,2,8-10H2,1H3,(H,15,16). The van der Waals surface area contributed by atoms with E-state index < -0.39 is 17.9 Å². The highest BCUT2D eigenvalue weighted by Crippen LogP contribution is 2.14. The number of esters is 1. The minimum Gasteiger partial charge on any atom is -0.481 e. The molecule has 1 aromatic rings. The Morgan fingerprint density at radius 2 is 1.94 bits per heavy atom. The first kappa shape index (κ1) is 14.2. The van der Waals surface area contributed by atoms with Gasteiger partial charge in [0.1, 0.15) is 0 Å². The van der Waals surface area contributed by atoms with E-state index in [1.165, 1.54) is 0 Å². The van der Waals surface area contributed by atoms with E-state index in [9.17, 15) is 9.59 Å². The third-order valence-electron chi connectivity index (χ3n) is 2.53. The predicted molar refractivity (Wildman–Crippen MR) is 67.1 cm³/mol. The van der Waals surface area contributed by atoms with Gasteiger partial charge in [-0.3, -0.25) is 9.59 Å². The SMILES string of the molecule is CCCOC(=O)C(CC(=O)O)Cc1ccccc1. The molecule has 1 unspecified atom stereocenters. The summed E-state index contributed by atoms with van der Waals surface area (Å²) in [7, 11) is 0. The van der Waals surface area contributed by atoms with Crippen molar-refractivity contribution >= 4 is 11.9 Å². The van der Waals surface area contributed by atoms with E-state index in [0.717, 1.165) is 12.0 Å². The van der Waals surface area contributed by atoms with Gasteiger partial charge >= 0.3 is 11.9 Å². The number of hydrogen-bond acceptors (Lipinski definition) is 3. The van der Waals surface area contributed by atoms with Crippen LogP contribution in [0.5, 0.6) is 0 Å². The molecule has 18 heavy (non-hydrogen) atoms. The number of carboxylic acid groups (broad SMARTS) is 1. The number of benzene rings is 1. The zero-order chi connectivity index (χ0) is 13.4. The monoisotopic (exact) mass is 250 g/mol. The van der Waals surface area contributed by atoms with Gasteiger partial charge in [-0.15, -0.1) is 0 Å². The second-order valence-electron chi connectivity index (χ2n) is 4.15. The molecular weight excluding hydrogens is 232 g/mol. The molecule has 1 rings (SSSR count). The molecule has 0 aromatic heterocycles. The molecule has 0 amide bonds. The molecule has 0 spiro atoms. The van der Waals surface area contributed by atoms with Crippen molar-refractivity contribution < 1.29 is 19.4 Å². The molecule has 1 N–H and O–H groups in total. The molecule has 0 fully saturated rings. The first-order valence-electron chi connectivity index (χ1n) is 6.05. The molecular formula is C14H18O4. The number of hydrogen-bond donors (Lipinski definition) is 1. The van der Waals surface area contributed by atoms with Gasteiger partial charge in [0.05, 0.1) is 18.9 Å². The van der Waals surface area contributed by atoms with E-state index >= 15 is 0 Å². The second kappa shape index (κ2) is 7.48. The molecule has 0 heterocycles. The lowest BCUT2D eigenvalue weighted by atomic mass is 9.96. The Kier molecular flexibility index (Phi) is 5.91. The normalized spacial score (nSPS) is 11.8. The molecule has 1 aromatic carbocycles. The molecule has 0 radical (unpaired) electrons. The highest BCUT2D eigenvalue weighted by Gasteiger charge is 2.23. The van der Waals surface area contributed by atoms with Crippen molar-refractivity contribution in [2.75, 3.05) is 6.61 Å². The molecule has 1 atom stereocenters. The van der Waals surface area contributed by atoms with E-state index in [2.05, 4.69) is 0 Å². The van der Waals surface area contributed by atoms with Gasteiger partial charge in [0.2, 0.25) is 0 Å². The van der Waals surface area contributed by atoms with Crippen LogP contribution >= 0.6 is 0 Å². The Labute approximate surface area is 107 Å². The summed E-state index contributed by atoms with van der Waals surface area (Å²) in [4.78, 5) is 22.5. The van der Waals surface area contributed by atoms with Crippen molar-refractivity contribution in [2.45, 2.75) is 26.2 Å². The van der Waals surface area contributed by atoms with Crippen LogP contribution in [0.1, 0.15) is 25.3 Å². The molecule has 0 bridgehead atoms. The van der Waals surface area contributed by atoms with Gasteiger partial charge in [0.25, 0.3) is 0 Å². The molecule has 0 aliphatic carbocycles. The average Bonchev–Trinajstić information content (AvgIpc) is 2.36. The van der Waals surface area contributed by atoms with Crippen molar-refractivity contribution in [2.24, 2.45) is 5.92 Å². The first-order chi connectivity index (χ1) is 8.63. The fourth-order valence-corrected chi connectivity index (χ4v) is 1.67. The topological polar surface area (TPSA) is 63.6 Å². The smallest absolute Gasteiger partial charge is 0.309 e. The summed E-state index contributed by atoms with van der Waals surface area (Å²) in [5.74, 6) is -2.02. The van der Waals surface area contributed by atoms with Crippen molar-refractivity contribution in [1.82, 2.24) is 0 Å². The van der Waals surface area contributed by atoms with Crippen LogP contribution in [-0.2, 0) is 20.7 Å². The minimum absolute atomic E-state index is 0.197. The first-order valence-corrected chi connectivity index (χ1v) is 6.05. The quantitative estimate of drug-likeness (QED) is 0.754. The number of carbonyl (C=O) groups excluding carboxylic acids is 1. The van der Waals surface area contributed by atoms with Crippen LogP contribution in [0.3, 0.4) is 0 Å². The summed E-state index contributed by atoms with van der Waals surface area (Å²) >= 11 is 0. The number of carbonyl (C=O) groups is 2. The third-order valence-corrected chi connectivity index (χ3v) is 2.53. The summed E-state index contributed by atoms with van der Waals surface area (Å²) in [5, 5.41) is 8.83. The van der Waals surface area contributed by atoms with E-state index in [1.807, 2.05) is 37.3 Å². The lowest BCUT2D eigenvalue weighted by Gasteiger charge is -2.13. The molecule has 0 aliphatic heterocycles. The number of aliphatic carboxylic acids is 1. The minimum atomic E-state index is -0.982. The van der Waals surface area contributed by atoms with Crippen molar-refractivity contribution in [3.8, 4) is 0 Å². The zero-order valence-electron chi connectivity index (χ0n) is 10.5. The lowest BCUT2D eigenvalue weighted by Crippen LogP contribution is -2.23. The largest absolute Gasteiger partial charge is 0.481 e. The number of ether oxygens (including phenoxy) is 1. The van der Waals surface area contributed by atoms with Crippen molar-refractivity contribution in [1.29, 1.82) is 0 Å². The van der Waals surface area contributed by atoms with Crippen LogP contribution < -0.4 is 0 Å². The van der Waals surface area contributed by atoms with E-state index in [-0.39, 0.29) is 6.42 Å².